The van der Waals surface area contributed by atoms with Crippen molar-refractivity contribution in [2.75, 3.05) is 34.8 Å². The van der Waals surface area contributed by atoms with Gasteiger partial charge in [0, 0.05) is 46.6 Å². The second-order valence-corrected chi connectivity index (χ2v) is 13.5. The molecule has 0 bridgehead atoms. The second kappa shape index (κ2) is 21.2. The van der Waals surface area contributed by atoms with Crippen molar-refractivity contribution in [3.8, 4) is 0 Å². The van der Waals surface area contributed by atoms with Crippen LogP contribution in [0.3, 0.4) is 0 Å². The zero-order valence-electron chi connectivity index (χ0n) is 30.5. The molecule has 3 N–H and O–H groups in total. The average Bonchev–Trinajstić information content (AvgIpc) is 2.98. The van der Waals surface area contributed by atoms with Crippen LogP contribution in [0.25, 0.3) is 0 Å². The molecule has 0 aromatic rings. The SMILES string of the molecule is CC[C@H](C)[C@@H]([C@@H](CC(=O)NCCCCC[C@@H](C)C(=O)NC)OC)N(C)C(=O)[C@@H](NC(=O)[C@H](C(C)C)N(C)C(=O)C(C)C)C(C)C. The molecule has 0 rings (SSSR count). The second-order valence-electron chi connectivity index (χ2n) is 13.5. The van der Waals surface area contributed by atoms with Crippen LogP contribution in [-0.2, 0) is 28.7 Å². The van der Waals surface area contributed by atoms with Crippen molar-refractivity contribution in [3.63, 3.8) is 0 Å². The minimum Gasteiger partial charge on any atom is -0.379 e. The maximum absolute atomic E-state index is 14.0. The van der Waals surface area contributed by atoms with Gasteiger partial charge in [-0.15, -0.1) is 0 Å². The van der Waals surface area contributed by atoms with Crippen molar-refractivity contribution in [1.29, 1.82) is 0 Å². The molecule has 0 aliphatic rings. The van der Waals surface area contributed by atoms with Crippen LogP contribution in [-0.4, -0.2) is 98.4 Å². The molecule has 5 amide bonds. The molecule has 11 heteroatoms. The van der Waals surface area contributed by atoms with Crippen LogP contribution in [0, 0.1) is 29.6 Å². The highest BCUT2D eigenvalue weighted by Crippen LogP contribution is 2.24. The number of nitrogens with one attached hydrogen (secondary N) is 3. The molecule has 0 aromatic carbocycles. The fourth-order valence-electron chi connectivity index (χ4n) is 5.78. The third kappa shape index (κ3) is 13.7. The number of carbonyl (C=O) groups excluding carboxylic acids is 5. The van der Waals surface area contributed by atoms with Gasteiger partial charge in [-0.1, -0.05) is 81.6 Å². The monoisotopic (exact) mass is 639 g/mol. The fraction of sp³-hybridized carbons (Fsp3) is 0.853. The van der Waals surface area contributed by atoms with Crippen molar-refractivity contribution in [1.82, 2.24) is 25.8 Å². The van der Waals surface area contributed by atoms with Crippen LogP contribution >= 0.6 is 0 Å². The van der Waals surface area contributed by atoms with E-state index in [4.69, 9.17) is 4.74 Å². The number of likely N-dealkylation sites (N-methyl/N-ethyl adjacent to an activating group) is 2. The Kier molecular flexibility index (Phi) is 19.9. The van der Waals surface area contributed by atoms with E-state index in [9.17, 15) is 24.0 Å². The Morgan fingerprint density at radius 3 is 1.84 bits per heavy atom. The van der Waals surface area contributed by atoms with Gasteiger partial charge in [0.05, 0.1) is 18.6 Å². The Hall–Kier alpha value is -2.69. The summed E-state index contributed by atoms with van der Waals surface area (Å²) < 4.78 is 5.83. The van der Waals surface area contributed by atoms with Crippen LogP contribution < -0.4 is 16.0 Å². The lowest BCUT2D eigenvalue weighted by atomic mass is 9.89. The van der Waals surface area contributed by atoms with E-state index in [2.05, 4.69) is 16.0 Å². The summed E-state index contributed by atoms with van der Waals surface area (Å²) in [4.78, 5) is 68.0. The normalized spacial score (nSPS) is 15.6. The molecule has 0 aliphatic heterocycles. The number of methoxy groups -OCH3 is 1. The first kappa shape index (κ1) is 42.3. The molecule has 0 spiro atoms. The molecular formula is C34H65N5O6. The predicted molar refractivity (Wildman–Crippen MR) is 179 cm³/mol. The Morgan fingerprint density at radius 2 is 1.38 bits per heavy atom. The topological polar surface area (TPSA) is 137 Å². The van der Waals surface area contributed by atoms with Crippen LogP contribution in [0.15, 0.2) is 0 Å². The van der Waals surface area contributed by atoms with Gasteiger partial charge in [0.1, 0.15) is 12.1 Å². The first-order chi connectivity index (χ1) is 21.0. The van der Waals surface area contributed by atoms with E-state index in [0.29, 0.717) is 6.54 Å². The van der Waals surface area contributed by atoms with Gasteiger partial charge in [0.15, 0.2) is 0 Å². The molecular weight excluding hydrogens is 574 g/mol. The van der Waals surface area contributed by atoms with E-state index >= 15 is 0 Å². The molecule has 0 fully saturated rings. The number of ether oxygens (including phenoxy) is 1. The molecule has 0 saturated heterocycles. The van der Waals surface area contributed by atoms with Gasteiger partial charge < -0.3 is 30.5 Å². The summed E-state index contributed by atoms with van der Waals surface area (Å²) in [6.45, 7) is 17.6. The quantitative estimate of drug-likeness (QED) is 0.164. The lowest BCUT2D eigenvalue weighted by Gasteiger charge is -2.40. The van der Waals surface area contributed by atoms with Gasteiger partial charge in [-0.05, 0) is 30.6 Å². The van der Waals surface area contributed by atoms with Crippen LogP contribution in [0.5, 0.6) is 0 Å². The first-order valence-corrected chi connectivity index (χ1v) is 16.8. The highest BCUT2D eigenvalue weighted by Gasteiger charge is 2.39. The molecule has 262 valence electrons. The van der Waals surface area contributed by atoms with E-state index in [-0.39, 0.29) is 65.5 Å². The number of hydrogen-bond acceptors (Lipinski definition) is 6. The third-order valence-electron chi connectivity index (χ3n) is 8.81. The van der Waals surface area contributed by atoms with Crippen molar-refractivity contribution in [2.45, 2.75) is 125 Å². The number of carbonyl (C=O) groups is 5. The van der Waals surface area contributed by atoms with E-state index in [1.165, 1.54) is 4.90 Å². The van der Waals surface area contributed by atoms with Gasteiger partial charge in [-0.2, -0.15) is 0 Å². The minimum absolute atomic E-state index is 0.0146. The number of hydrogen-bond donors (Lipinski definition) is 3. The zero-order chi connectivity index (χ0) is 35.0. The van der Waals surface area contributed by atoms with Gasteiger partial charge >= 0.3 is 0 Å². The molecule has 6 atom stereocenters. The maximum atomic E-state index is 14.0. The third-order valence-corrected chi connectivity index (χ3v) is 8.81. The molecule has 0 aliphatic carbocycles. The van der Waals surface area contributed by atoms with Crippen LogP contribution in [0.1, 0.15) is 101 Å². The van der Waals surface area contributed by atoms with Gasteiger partial charge in [-0.3, -0.25) is 24.0 Å². The summed E-state index contributed by atoms with van der Waals surface area (Å²) in [6, 6.07) is -1.96. The summed E-state index contributed by atoms with van der Waals surface area (Å²) in [5.41, 5.74) is 0. The zero-order valence-corrected chi connectivity index (χ0v) is 30.5. The Bertz CT molecular complexity index is 940. The fourth-order valence-corrected chi connectivity index (χ4v) is 5.78. The highest BCUT2D eigenvalue weighted by atomic mass is 16.5. The minimum atomic E-state index is -0.824. The highest BCUT2D eigenvalue weighted by molar-refractivity contribution is 5.92. The number of unbranched alkanes of at least 4 members (excludes halogenated alkanes) is 2. The van der Waals surface area contributed by atoms with Crippen molar-refractivity contribution >= 4 is 29.5 Å². The van der Waals surface area contributed by atoms with Crippen molar-refractivity contribution < 1.29 is 28.7 Å². The molecule has 45 heavy (non-hydrogen) atoms. The Labute approximate surface area is 273 Å². The van der Waals surface area contributed by atoms with Crippen LogP contribution in [0.4, 0.5) is 0 Å². The molecule has 0 saturated carbocycles. The molecule has 0 heterocycles. The van der Waals surface area contributed by atoms with Gasteiger partial charge in [0.25, 0.3) is 0 Å². The lowest BCUT2D eigenvalue weighted by molar-refractivity contribution is -0.147. The van der Waals surface area contributed by atoms with E-state index < -0.39 is 24.2 Å². The van der Waals surface area contributed by atoms with Crippen LogP contribution in [0.2, 0.25) is 0 Å². The lowest BCUT2D eigenvalue weighted by Crippen LogP contribution is -2.60. The number of rotatable bonds is 21. The van der Waals surface area contributed by atoms with Gasteiger partial charge in [0.2, 0.25) is 29.5 Å². The molecule has 0 unspecified atom stereocenters. The Morgan fingerprint density at radius 1 is 0.778 bits per heavy atom. The molecule has 0 radical (unpaired) electrons. The summed E-state index contributed by atoms with van der Waals surface area (Å²) in [7, 11) is 6.53. The van der Waals surface area contributed by atoms with Crippen molar-refractivity contribution in [3.05, 3.63) is 0 Å². The summed E-state index contributed by atoms with van der Waals surface area (Å²) >= 11 is 0. The predicted octanol–water partition coefficient (Wildman–Crippen LogP) is 3.60. The number of nitrogens with zero attached hydrogens (tertiary/aromatic N) is 2. The smallest absolute Gasteiger partial charge is 0.245 e. The Balaban J connectivity index is 5.61. The standard InChI is InChI=1S/C34H65N5O6/c1-14-24(8)30(26(45-13)20-27(40)36-19-17-15-16-18-25(9)31(41)35-10)39(12)34(44)28(21(2)3)37-32(42)29(22(4)5)38(11)33(43)23(6)7/h21-26,28-30H,14-20H2,1-13H3,(H,35,41)(H,36,40)(H,37,42)/t24-,25+,26+,28-,29-,30-/m0/s1. The summed E-state index contributed by atoms with van der Waals surface area (Å²) in [5.74, 6) is -1.53. The van der Waals surface area contributed by atoms with E-state index in [1.807, 2.05) is 48.5 Å². The van der Waals surface area contributed by atoms with Gasteiger partial charge in [-0.25, -0.2) is 0 Å². The first-order valence-electron chi connectivity index (χ1n) is 16.8. The maximum Gasteiger partial charge on any atom is 0.245 e. The summed E-state index contributed by atoms with van der Waals surface area (Å²) in [5, 5.41) is 8.60. The summed E-state index contributed by atoms with van der Waals surface area (Å²) in [6.07, 6.45) is 3.72. The average molecular weight is 640 g/mol. The van der Waals surface area contributed by atoms with E-state index in [0.717, 1.165) is 32.1 Å². The number of amides is 5. The molecule has 0 aromatic heterocycles. The van der Waals surface area contributed by atoms with E-state index in [1.54, 1.807) is 47.0 Å². The molecule has 11 nitrogen and oxygen atoms in total. The largest absolute Gasteiger partial charge is 0.379 e. The van der Waals surface area contributed by atoms with Crippen molar-refractivity contribution in [2.24, 2.45) is 29.6 Å².